The quantitative estimate of drug-likeness (QED) is 0.730. The van der Waals surface area contributed by atoms with Crippen LogP contribution in [0.15, 0.2) is 47.4 Å². The summed E-state index contributed by atoms with van der Waals surface area (Å²) in [6.45, 7) is 0. The Hall–Kier alpha value is -3.02. The molecule has 3 rings (SSSR count). The van der Waals surface area contributed by atoms with Gasteiger partial charge in [-0.1, -0.05) is 17.3 Å². The van der Waals surface area contributed by atoms with E-state index in [1.807, 2.05) is 30.3 Å². The van der Waals surface area contributed by atoms with Gasteiger partial charge in [-0.25, -0.2) is 9.97 Å². The smallest absolute Gasteiger partial charge is 0.251 e. The van der Waals surface area contributed by atoms with Gasteiger partial charge in [-0.05, 0) is 29.8 Å². The van der Waals surface area contributed by atoms with Crippen molar-refractivity contribution < 1.29 is 4.52 Å². The summed E-state index contributed by atoms with van der Waals surface area (Å²) in [5, 5.41) is 3.87. The first kappa shape index (κ1) is 12.0. The second kappa shape index (κ2) is 5.31. The molecule has 0 atom stereocenters. The van der Waals surface area contributed by atoms with Crippen molar-refractivity contribution in [1.82, 2.24) is 20.1 Å². The van der Waals surface area contributed by atoms with Gasteiger partial charge < -0.3 is 10.3 Å². The normalized spacial score (nSPS) is 11.0. The first-order chi connectivity index (χ1) is 9.81. The maximum absolute atomic E-state index is 5.62. The van der Waals surface area contributed by atoms with Gasteiger partial charge in [0.25, 0.3) is 5.89 Å². The number of nitrogens with two attached hydrogens (primary N) is 1. The van der Waals surface area contributed by atoms with E-state index in [1.54, 1.807) is 18.3 Å². The van der Waals surface area contributed by atoms with Crippen molar-refractivity contribution in [2.75, 3.05) is 5.73 Å². The molecule has 0 unspecified atom stereocenters. The molecule has 0 fully saturated rings. The highest BCUT2D eigenvalue weighted by molar-refractivity contribution is 5.67. The van der Waals surface area contributed by atoms with Crippen LogP contribution in [0.25, 0.3) is 23.7 Å². The molecule has 6 heteroatoms. The van der Waals surface area contributed by atoms with Gasteiger partial charge in [-0.3, -0.25) is 0 Å². The van der Waals surface area contributed by atoms with E-state index in [0.717, 1.165) is 11.3 Å². The summed E-state index contributed by atoms with van der Waals surface area (Å²) >= 11 is 0. The van der Waals surface area contributed by atoms with Crippen LogP contribution in [-0.2, 0) is 0 Å². The van der Waals surface area contributed by atoms with Crippen molar-refractivity contribution in [2.24, 2.45) is 0 Å². The van der Waals surface area contributed by atoms with Gasteiger partial charge in [-0.2, -0.15) is 4.98 Å². The molecule has 3 aromatic rings. The molecule has 0 aliphatic carbocycles. The lowest BCUT2D eigenvalue weighted by Gasteiger charge is -1.93. The Kier molecular flexibility index (Phi) is 3.20. The zero-order valence-electron chi connectivity index (χ0n) is 10.5. The minimum absolute atomic E-state index is 0.412. The summed E-state index contributed by atoms with van der Waals surface area (Å²) in [4.78, 5) is 12.1. The van der Waals surface area contributed by atoms with E-state index in [0.29, 0.717) is 17.4 Å². The van der Waals surface area contributed by atoms with Crippen LogP contribution in [0.1, 0.15) is 11.5 Å². The molecule has 0 amide bonds. The maximum atomic E-state index is 5.62. The average molecular weight is 265 g/mol. The molecule has 0 aliphatic rings. The summed E-state index contributed by atoms with van der Waals surface area (Å²) in [5.41, 5.74) is 7.97. The van der Waals surface area contributed by atoms with Gasteiger partial charge in [0.1, 0.15) is 12.0 Å². The Bertz CT molecular complexity index is 719. The SMILES string of the molecule is Nc1ccc(/C=C/c2nc(-c3ccncn3)no2)cc1. The van der Waals surface area contributed by atoms with E-state index in [1.165, 1.54) is 6.33 Å². The number of anilines is 1. The van der Waals surface area contributed by atoms with E-state index in [9.17, 15) is 0 Å². The van der Waals surface area contributed by atoms with E-state index in [-0.39, 0.29) is 0 Å². The third-order valence-corrected chi connectivity index (χ3v) is 2.61. The van der Waals surface area contributed by atoms with Gasteiger partial charge in [-0.15, -0.1) is 0 Å². The Morgan fingerprint density at radius 3 is 2.65 bits per heavy atom. The van der Waals surface area contributed by atoms with Crippen molar-refractivity contribution in [2.45, 2.75) is 0 Å². The highest BCUT2D eigenvalue weighted by Gasteiger charge is 2.06. The minimum atomic E-state index is 0.412. The zero-order valence-corrected chi connectivity index (χ0v) is 10.5. The third kappa shape index (κ3) is 2.69. The van der Waals surface area contributed by atoms with Crippen LogP contribution >= 0.6 is 0 Å². The number of hydrogen-bond acceptors (Lipinski definition) is 6. The monoisotopic (exact) mass is 265 g/mol. The largest absolute Gasteiger partial charge is 0.399 e. The van der Waals surface area contributed by atoms with Gasteiger partial charge in [0.15, 0.2) is 0 Å². The summed E-state index contributed by atoms with van der Waals surface area (Å²) < 4.78 is 5.13. The standard InChI is InChI=1S/C14H11N5O/c15-11-4-1-10(2-5-11)3-6-13-18-14(19-20-13)12-7-8-16-9-17-12/h1-9H,15H2/b6-3+. The summed E-state index contributed by atoms with van der Waals surface area (Å²) in [7, 11) is 0. The summed E-state index contributed by atoms with van der Waals surface area (Å²) in [6.07, 6.45) is 6.68. The molecule has 0 saturated carbocycles. The van der Waals surface area contributed by atoms with Crippen molar-refractivity contribution in [1.29, 1.82) is 0 Å². The average Bonchev–Trinajstić information content (AvgIpc) is 2.97. The fourth-order valence-corrected chi connectivity index (χ4v) is 1.60. The molecule has 0 aliphatic heterocycles. The van der Waals surface area contributed by atoms with Crippen LogP contribution < -0.4 is 5.73 Å². The zero-order chi connectivity index (χ0) is 13.8. The molecule has 0 spiro atoms. The fraction of sp³-hybridized carbons (Fsp3) is 0. The van der Waals surface area contributed by atoms with E-state index in [2.05, 4.69) is 20.1 Å². The first-order valence-electron chi connectivity index (χ1n) is 5.95. The predicted molar refractivity (Wildman–Crippen MR) is 75.1 cm³/mol. The van der Waals surface area contributed by atoms with Gasteiger partial charge in [0, 0.05) is 18.0 Å². The second-order valence-corrected chi connectivity index (χ2v) is 4.05. The Morgan fingerprint density at radius 2 is 1.90 bits per heavy atom. The van der Waals surface area contributed by atoms with Crippen LogP contribution in [-0.4, -0.2) is 20.1 Å². The predicted octanol–water partition coefficient (Wildman–Crippen LogP) is 2.28. The Balaban J connectivity index is 1.79. The molecule has 0 saturated heterocycles. The van der Waals surface area contributed by atoms with Crippen LogP contribution in [0, 0.1) is 0 Å². The van der Waals surface area contributed by atoms with Crippen molar-refractivity contribution >= 4 is 17.8 Å². The fourth-order valence-electron chi connectivity index (χ4n) is 1.60. The Morgan fingerprint density at radius 1 is 1.05 bits per heavy atom. The first-order valence-corrected chi connectivity index (χ1v) is 5.95. The summed E-state index contributed by atoms with van der Waals surface area (Å²) in [6, 6.07) is 9.21. The molecule has 2 N–H and O–H groups in total. The number of benzene rings is 1. The molecule has 2 aromatic heterocycles. The third-order valence-electron chi connectivity index (χ3n) is 2.61. The number of aromatic nitrogens is 4. The molecular weight excluding hydrogens is 254 g/mol. The van der Waals surface area contributed by atoms with Gasteiger partial charge >= 0.3 is 0 Å². The van der Waals surface area contributed by atoms with Crippen LogP contribution in [0.4, 0.5) is 5.69 Å². The highest BCUT2D eigenvalue weighted by Crippen LogP contribution is 2.13. The molecule has 0 radical (unpaired) electrons. The van der Waals surface area contributed by atoms with Crippen molar-refractivity contribution in [3.63, 3.8) is 0 Å². The van der Waals surface area contributed by atoms with E-state index < -0.39 is 0 Å². The van der Waals surface area contributed by atoms with Gasteiger partial charge in [0.2, 0.25) is 5.82 Å². The summed E-state index contributed by atoms with van der Waals surface area (Å²) in [5.74, 6) is 0.847. The van der Waals surface area contributed by atoms with Crippen LogP contribution in [0.3, 0.4) is 0 Å². The highest BCUT2D eigenvalue weighted by atomic mass is 16.5. The molecule has 0 bridgehead atoms. The number of nitrogen functional groups attached to an aromatic ring is 1. The molecule has 20 heavy (non-hydrogen) atoms. The van der Waals surface area contributed by atoms with Crippen molar-refractivity contribution in [3.8, 4) is 11.5 Å². The maximum Gasteiger partial charge on any atom is 0.251 e. The minimum Gasteiger partial charge on any atom is -0.399 e. The van der Waals surface area contributed by atoms with E-state index >= 15 is 0 Å². The number of hydrogen-bond donors (Lipinski definition) is 1. The lowest BCUT2D eigenvalue weighted by molar-refractivity contribution is 0.411. The molecular formula is C14H11N5O. The topological polar surface area (TPSA) is 90.7 Å². The lowest BCUT2D eigenvalue weighted by atomic mass is 10.2. The van der Waals surface area contributed by atoms with E-state index in [4.69, 9.17) is 10.3 Å². The lowest BCUT2D eigenvalue weighted by Crippen LogP contribution is -1.85. The number of nitrogens with zero attached hydrogens (tertiary/aromatic N) is 4. The van der Waals surface area contributed by atoms with Gasteiger partial charge in [0.05, 0.1) is 0 Å². The number of rotatable bonds is 3. The molecule has 1 aromatic carbocycles. The molecule has 2 heterocycles. The second-order valence-electron chi connectivity index (χ2n) is 4.05. The Labute approximate surface area is 115 Å². The van der Waals surface area contributed by atoms with Crippen LogP contribution in [0.2, 0.25) is 0 Å². The molecule has 98 valence electrons. The van der Waals surface area contributed by atoms with Crippen LogP contribution in [0.5, 0.6) is 0 Å². The van der Waals surface area contributed by atoms with Crippen molar-refractivity contribution in [3.05, 3.63) is 54.3 Å². The molecule has 6 nitrogen and oxygen atoms in total.